The summed E-state index contributed by atoms with van der Waals surface area (Å²) < 4.78 is 19.1. The summed E-state index contributed by atoms with van der Waals surface area (Å²) in [7, 11) is 0. The Morgan fingerprint density at radius 1 is 1.28 bits per heavy atom. The first kappa shape index (κ1) is 19.2. The van der Waals surface area contributed by atoms with E-state index < -0.39 is 0 Å². The summed E-state index contributed by atoms with van der Waals surface area (Å²) in [6.45, 7) is 10.1. The quantitative estimate of drug-likeness (QED) is 0.583. The van der Waals surface area contributed by atoms with Crippen molar-refractivity contribution in [2.45, 2.75) is 40.8 Å². The summed E-state index contributed by atoms with van der Waals surface area (Å²) in [4.78, 5) is 10.1. The first-order chi connectivity index (χ1) is 12.0. The van der Waals surface area contributed by atoms with Gasteiger partial charge < -0.3 is 15.4 Å². The summed E-state index contributed by atoms with van der Waals surface area (Å²) in [5, 5.41) is 7.56. The third kappa shape index (κ3) is 5.70. The van der Waals surface area contributed by atoms with Gasteiger partial charge in [-0.15, -0.1) is 11.3 Å². The van der Waals surface area contributed by atoms with E-state index in [9.17, 15) is 4.39 Å². The maximum atomic E-state index is 13.9. The highest BCUT2D eigenvalue weighted by molar-refractivity contribution is 7.11. The molecule has 0 bridgehead atoms. The van der Waals surface area contributed by atoms with Crippen LogP contribution in [0.2, 0.25) is 0 Å². The first-order valence-electron chi connectivity index (χ1n) is 8.39. The van der Waals surface area contributed by atoms with E-state index in [4.69, 9.17) is 4.74 Å². The van der Waals surface area contributed by atoms with Crippen molar-refractivity contribution in [3.63, 3.8) is 0 Å². The van der Waals surface area contributed by atoms with Crippen molar-refractivity contribution in [1.82, 2.24) is 15.6 Å². The van der Waals surface area contributed by atoms with Crippen LogP contribution in [-0.4, -0.2) is 24.1 Å². The van der Waals surface area contributed by atoms with Crippen LogP contribution in [-0.2, 0) is 13.1 Å². The van der Waals surface area contributed by atoms with E-state index in [2.05, 4.69) is 20.6 Å². The van der Waals surface area contributed by atoms with Crippen molar-refractivity contribution >= 4 is 17.3 Å². The fourth-order valence-electron chi connectivity index (χ4n) is 2.33. The molecule has 0 atom stereocenters. The molecule has 2 aromatic rings. The molecule has 0 unspecified atom stereocenters. The van der Waals surface area contributed by atoms with Crippen molar-refractivity contribution in [1.29, 1.82) is 0 Å². The Hall–Kier alpha value is -2.15. The van der Waals surface area contributed by atoms with E-state index in [1.165, 1.54) is 10.9 Å². The van der Waals surface area contributed by atoms with Crippen LogP contribution >= 0.6 is 11.3 Å². The number of hydrogen-bond acceptors (Lipinski definition) is 4. The van der Waals surface area contributed by atoms with Gasteiger partial charge in [0.1, 0.15) is 0 Å². The number of guanidine groups is 1. The number of nitrogens with one attached hydrogen (secondary N) is 2. The number of nitrogens with zero attached hydrogens (tertiary/aromatic N) is 2. The minimum absolute atomic E-state index is 0.274. The molecular formula is C18H25FN4OS. The molecule has 1 aromatic carbocycles. The molecule has 0 saturated carbocycles. The lowest BCUT2D eigenvalue weighted by molar-refractivity contribution is 0.321. The topological polar surface area (TPSA) is 58.5 Å². The largest absolute Gasteiger partial charge is 0.491 e. The summed E-state index contributed by atoms with van der Waals surface area (Å²) >= 11 is 1.68. The molecule has 136 valence electrons. The Labute approximate surface area is 152 Å². The third-order valence-electron chi connectivity index (χ3n) is 3.48. The molecule has 25 heavy (non-hydrogen) atoms. The Bertz CT molecular complexity index is 730. The average Bonchev–Trinajstić information content (AvgIpc) is 2.90. The van der Waals surface area contributed by atoms with Crippen LogP contribution in [0.3, 0.4) is 0 Å². The smallest absolute Gasteiger partial charge is 0.191 e. The lowest BCUT2D eigenvalue weighted by atomic mass is 10.2. The van der Waals surface area contributed by atoms with Gasteiger partial charge in [0.15, 0.2) is 17.5 Å². The first-order valence-corrected chi connectivity index (χ1v) is 9.21. The maximum absolute atomic E-state index is 13.9. The van der Waals surface area contributed by atoms with Gasteiger partial charge in [0.25, 0.3) is 0 Å². The molecule has 0 aliphatic heterocycles. The van der Waals surface area contributed by atoms with Crippen molar-refractivity contribution < 1.29 is 9.13 Å². The van der Waals surface area contributed by atoms with Crippen LogP contribution in [0.25, 0.3) is 0 Å². The van der Waals surface area contributed by atoms with Gasteiger partial charge in [0.05, 0.1) is 30.4 Å². The van der Waals surface area contributed by atoms with E-state index in [0.717, 1.165) is 22.8 Å². The number of benzene rings is 1. The van der Waals surface area contributed by atoms with Gasteiger partial charge in [0, 0.05) is 11.4 Å². The van der Waals surface area contributed by atoms with E-state index in [0.29, 0.717) is 25.7 Å². The number of aliphatic imine (C=N–C) groups is 1. The molecule has 0 aliphatic rings. The average molecular weight is 364 g/mol. The molecule has 2 N–H and O–H groups in total. The number of ether oxygens (including phenoxy) is 1. The minimum atomic E-state index is -0.358. The van der Waals surface area contributed by atoms with Crippen molar-refractivity contribution in [3.8, 4) is 5.75 Å². The van der Waals surface area contributed by atoms with E-state index in [1.807, 2.05) is 33.8 Å². The second-order valence-electron chi connectivity index (χ2n) is 5.49. The van der Waals surface area contributed by atoms with Crippen molar-refractivity contribution in [2.24, 2.45) is 4.99 Å². The van der Waals surface area contributed by atoms with Gasteiger partial charge in [-0.25, -0.2) is 14.4 Å². The zero-order chi connectivity index (χ0) is 18.2. The molecule has 0 spiro atoms. The van der Waals surface area contributed by atoms with Gasteiger partial charge >= 0.3 is 0 Å². The van der Waals surface area contributed by atoms with Crippen LogP contribution in [0.4, 0.5) is 4.39 Å². The lowest BCUT2D eigenvalue weighted by Crippen LogP contribution is -2.36. The Kier molecular flexibility index (Phi) is 7.18. The predicted octanol–water partition coefficient (Wildman–Crippen LogP) is 3.55. The minimum Gasteiger partial charge on any atom is -0.491 e. The molecule has 0 aliphatic carbocycles. The number of aromatic nitrogens is 1. The fraction of sp³-hybridized carbons (Fsp3) is 0.444. The molecule has 5 nitrogen and oxygen atoms in total. The lowest BCUT2D eigenvalue weighted by Gasteiger charge is -2.11. The predicted molar refractivity (Wildman–Crippen MR) is 101 cm³/mol. The molecule has 0 radical (unpaired) electrons. The SMILES string of the molecule is CCNC(=NCc1ccc(OCC)c(F)c1)NCc1sc(C)nc1C. The molecule has 0 saturated heterocycles. The van der Waals surface area contributed by atoms with E-state index in [-0.39, 0.29) is 11.6 Å². The molecule has 1 heterocycles. The van der Waals surface area contributed by atoms with Crippen LogP contribution in [0.1, 0.15) is 35.0 Å². The fourth-order valence-corrected chi connectivity index (χ4v) is 3.21. The highest BCUT2D eigenvalue weighted by atomic mass is 32.1. The van der Waals surface area contributed by atoms with Crippen molar-refractivity contribution in [2.75, 3.05) is 13.2 Å². The van der Waals surface area contributed by atoms with Gasteiger partial charge in [-0.1, -0.05) is 6.07 Å². The summed E-state index contributed by atoms with van der Waals surface area (Å²) in [6.07, 6.45) is 0. The van der Waals surface area contributed by atoms with Gasteiger partial charge in [-0.05, 0) is 45.4 Å². The number of rotatable bonds is 7. The molecule has 7 heteroatoms. The number of aryl methyl sites for hydroxylation is 2. The summed E-state index contributed by atoms with van der Waals surface area (Å²) in [5.41, 5.74) is 1.84. The Morgan fingerprint density at radius 3 is 2.68 bits per heavy atom. The Morgan fingerprint density at radius 2 is 2.08 bits per heavy atom. The third-order valence-corrected chi connectivity index (χ3v) is 4.55. The van der Waals surface area contributed by atoms with E-state index in [1.54, 1.807) is 17.4 Å². The second kappa shape index (κ2) is 9.36. The van der Waals surface area contributed by atoms with Crippen LogP contribution in [0, 0.1) is 19.7 Å². The zero-order valence-electron chi connectivity index (χ0n) is 15.1. The van der Waals surface area contributed by atoms with Gasteiger partial charge in [0.2, 0.25) is 0 Å². The van der Waals surface area contributed by atoms with Gasteiger partial charge in [-0.2, -0.15) is 0 Å². The molecule has 1 aromatic heterocycles. The highest BCUT2D eigenvalue weighted by Gasteiger charge is 2.07. The zero-order valence-corrected chi connectivity index (χ0v) is 16.0. The summed E-state index contributed by atoms with van der Waals surface area (Å²) in [5.74, 6) is 0.613. The van der Waals surface area contributed by atoms with Crippen LogP contribution in [0.15, 0.2) is 23.2 Å². The monoisotopic (exact) mass is 364 g/mol. The standard InChI is InChI=1S/C18H25FN4OS/c1-5-20-18(22-11-17-12(3)23-13(4)25-17)21-10-14-7-8-16(24-6-2)15(19)9-14/h7-9H,5-6,10-11H2,1-4H3,(H2,20,21,22). The summed E-state index contributed by atoms with van der Waals surface area (Å²) in [6, 6.07) is 4.94. The van der Waals surface area contributed by atoms with E-state index >= 15 is 0 Å². The normalized spacial score (nSPS) is 11.5. The number of thiazole rings is 1. The Balaban J connectivity index is 2.01. The molecule has 2 rings (SSSR count). The molecule has 0 amide bonds. The van der Waals surface area contributed by atoms with Crippen LogP contribution < -0.4 is 15.4 Å². The molecule has 0 fully saturated rings. The van der Waals surface area contributed by atoms with Crippen molar-refractivity contribution in [3.05, 3.63) is 45.2 Å². The highest BCUT2D eigenvalue weighted by Crippen LogP contribution is 2.19. The maximum Gasteiger partial charge on any atom is 0.191 e. The number of halogens is 1. The number of hydrogen-bond donors (Lipinski definition) is 2. The second-order valence-corrected chi connectivity index (χ2v) is 6.78. The molecular weight excluding hydrogens is 339 g/mol. The van der Waals surface area contributed by atoms with Crippen LogP contribution in [0.5, 0.6) is 5.75 Å². The van der Waals surface area contributed by atoms with Gasteiger partial charge in [-0.3, -0.25) is 0 Å².